The van der Waals surface area contributed by atoms with E-state index in [9.17, 15) is 4.79 Å². The summed E-state index contributed by atoms with van der Waals surface area (Å²) < 4.78 is 5.59. The lowest BCUT2D eigenvalue weighted by atomic mass is 10.3. The van der Waals surface area contributed by atoms with Gasteiger partial charge in [0.15, 0.2) is 0 Å². The summed E-state index contributed by atoms with van der Waals surface area (Å²) in [6.07, 6.45) is 0. The van der Waals surface area contributed by atoms with Gasteiger partial charge in [0.1, 0.15) is 5.02 Å². The topological polar surface area (TPSA) is 26.3 Å². The minimum absolute atomic E-state index is 0.264. The molecule has 0 saturated heterocycles. The van der Waals surface area contributed by atoms with Crippen LogP contribution in [0.25, 0.3) is 10.1 Å². The Hall–Kier alpha value is -0.480. The highest BCUT2D eigenvalue weighted by Crippen LogP contribution is 2.44. The highest BCUT2D eigenvalue weighted by atomic mass is 35.5. The van der Waals surface area contributed by atoms with Crippen molar-refractivity contribution in [3.63, 3.8) is 0 Å². The number of halogens is 3. The highest BCUT2D eigenvalue weighted by Gasteiger charge is 2.15. The maximum atomic E-state index is 10.6. The second-order valence-corrected chi connectivity index (χ2v) is 4.76. The summed E-state index contributed by atoms with van der Waals surface area (Å²) in [7, 11) is 0. The maximum Gasteiger partial charge on any atom is 0.410 e. The molecule has 2 nitrogen and oxygen atoms in total. The molecule has 0 spiro atoms. The van der Waals surface area contributed by atoms with E-state index >= 15 is 0 Å². The monoisotopic (exact) mass is 280 g/mol. The van der Waals surface area contributed by atoms with E-state index in [4.69, 9.17) is 39.5 Å². The number of hydrogen-bond acceptors (Lipinski definition) is 3. The molecule has 0 radical (unpaired) electrons. The van der Waals surface area contributed by atoms with E-state index < -0.39 is 5.43 Å². The molecule has 1 aromatic carbocycles. The lowest BCUT2D eigenvalue weighted by Crippen LogP contribution is -1.93. The van der Waals surface area contributed by atoms with Gasteiger partial charge < -0.3 is 4.74 Å². The van der Waals surface area contributed by atoms with Gasteiger partial charge in [0, 0.05) is 21.7 Å². The molecule has 1 aromatic heterocycles. The highest BCUT2D eigenvalue weighted by molar-refractivity contribution is 7.21. The molecule has 0 N–H and O–H groups in total. The van der Waals surface area contributed by atoms with Gasteiger partial charge in [-0.1, -0.05) is 40.6 Å². The lowest BCUT2D eigenvalue weighted by Gasteiger charge is -1.95. The molecule has 2 rings (SSSR count). The Kier molecular flexibility index (Phi) is 3.07. The van der Waals surface area contributed by atoms with Crippen molar-refractivity contribution in [2.24, 2.45) is 0 Å². The zero-order valence-corrected chi connectivity index (χ0v) is 10.2. The van der Waals surface area contributed by atoms with Crippen LogP contribution in [0, 0.1) is 0 Å². The molecule has 0 aliphatic heterocycles. The first kappa shape index (κ1) is 11.0. The minimum Gasteiger partial charge on any atom is -0.402 e. The van der Waals surface area contributed by atoms with Crippen LogP contribution >= 0.6 is 46.1 Å². The molecule has 0 saturated carbocycles. The standard InChI is InChI=1S/C9H3Cl3O2S/c10-4-2-1-3-5-6(4)7(11)8(15-5)14-9(12)13/h1-3H. The van der Waals surface area contributed by atoms with Gasteiger partial charge in [0.25, 0.3) is 0 Å². The van der Waals surface area contributed by atoms with Crippen LogP contribution in [0.3, 0.4) is 0 Å². The molecule has 0 atom stereocenters. The lowest BCUT2D eigenvalue weighted by molar-refractivity contribution is 0.227. The summed E-state index contributed by atoms with van der Waals surface area (Å²) in [6.45, 7) is 0. The van der Waals surface area contributed by atoms with Gasteiger partial charge in [-0.05, 0) is 12.1 Å². The molecule has 1 heterocycles. The van der Waals surface area contributed by atoms with Crippen molar-refractivity contribution in [3.8, 4) is 5.06 Å². The van der Waals surface area contributed by atoms with Gasteiger partial charge in [-0.25, -0.2) is 4.79 Å². The first-order valence-corrected chi connectivity index (χ1v) is 5.78. The molecular weight excluding hydrogens is 279 g/mol. The zero-order valence-electron chi connectivity index (χ0n) is 7.09. The molecule has 0 aliphatic rings. The third kappa shape index (κ3) is 2.06. The Morgan fingerprint density at radius 1 is 1.33 bits per heavy atom. The third-order valence-corrected chi connectivity index (χ3v) is 3.65. The molecule has 0 amide bonds. The number of hydrogen-bond donors (Lipinski definition) is 0. The number of thiophene rings is 1. The van der Waals surface area contributed by atoms with Crippen LogP contribution in [0.2, 0.25) is 10.0 Å². The normalized spacial score (nSPS) is 10.6. The van der Waals surface area contributed by atoms with Crippen molar-refractivity contribution in [2.45, 2.75) is 0 Å². The van der Waals surface area contributed by atoms with Gasteiger partial charge >= 0.3 is 5.43 Å². The van der Waals surface area contributed by atoms with Crippen LogP contribution in [-0.4, -0.2) is 5.43 Å². The fourth-order valence-corrected chi connectivity index (χ4v) is 3.07. The molecule has 78 valence electrons. The van der Waals surface area contributed by atoms with E-state index in [0.29, 0.717) is 15.4 Å². The smallest absolute Gasteiger partial charge is 0.402 e. The van der Waals surface area contributed by atoms with Gasteiger partial charge in [0.2, 0.25) is 5.06 Å². The van der Waals surface area contributed by atoms with Crippen molar-refractivity contribution < 1.29 is 9.53 Å². The number of fused-ring (bicyclic) bond motifs is 1. The van der Waals surface area contributed by atoms with E-state index in [1.54, 1.807) is 12.1 Å². The van der Waals surface area contributed by atoms with Crippen LogP contribution in [0.15, 0.2) is 18.2 Å². The first-order valence-electron chi connectivity index (χ1n) is 3.83. The molecule has 0 unspecified atom stereocenters. The van der Waals surface area contributed by atoms with Gasteiger partial charge in [-0.3, -0.25) is 0 Å². The van der Waals surface area contributed by atoms with E-state index in [2.05, 4.69) is 0 Å². The Morgan fingerprint density at radius 3 is 2.67 bits per heavy atom. The first-order chi connectivity index (χ1) is 7.09. The summed E-state index contributed by atoms with van der Waals surface area (Å²) in [4.78, 5) is 10.6. The second-order valence-electron chi connectivity index (χ2n) is 2.66. The number of ether oxygens (including phenoxy) is 1. The SMILES string of the molecule is O=C(Cl)Oc1sc2cccc(Cl)c2c1Cl. The number of carbonyl (C=O) groups excluding carboxylic acids is 1. The van der Waals surface area contributed by atoms with Gasteiger partial charge in [-0.15, -0.1) is 0 Å². The quantitative estimate of drug-likeness (QED) is 0.692. The summed E-state index contributed by atoms with van der Waals surface area (Å²) in [6, 6.07) is 5.35. The molecule has 0 bridgehead atoms. The minimum atomic E-state index is -0.917. The molecule has 6 heteroatoms. The molecular formula is C9H3Cl3O2S. The van der Waals surface area contributed by atoms with Crippen LogP contribution in [0.5, 0.6) is 5.06 Å². The van der Waals surface area contributed by atoms with Crippen molar-refractivity contribution in [3.05, 3.63) is 28.2 Å². The molecule has 15 heavy (non-hydrogen) atoms. The predicted octanol–water partition coefficient (Wildman–Crippen LogP) is 4.95. The molecule has 0 fully saturated rings. The van der Waals surface area contributed by atoms with E-state index in [1.165, 1.54) is 11.3 Å². The fraction of sp³-hybridized carbons (Fsp3) is 0. The maximum absolute atomic E-state index is 10.6. The van der Waals surface area contributed by atoms with Crippen molar-refractivity contribution >= 4 is 61.7 Å². The van der Waals surface area contributed by atoms with Crippen molar-refractivity contribution in [1.82, 2.24) is 0 Å². The Bertz CT molecular complexity index is 535. The predicted molar refractivity (Wildman–Crippen MR) is 63.7 cm³/mol. The fourth-order valence-electron chi connectivity index (χ4n) is 1.19. The van der Waals surface area contributed by atoms with E-state index in [-0.39, 0.29) is 5.06 Å². The van der Waals surface area contributed by atoms with E-state index in [1.807, 2.05) is 6.07 Å². The summed E-state index contributed by atoms with van der Waals surface area (Å²) >= 11 is 18.3. The van der Waals surface area contributed by atoms with Gasteiger partial charge in [-0.2, -0.15) is 0 Å². The average Bonchev–Trinajstić information content (AvgIpc) is 2.44. The number of rotatable bonds is 1. The van der Waals surface area contributed by atoms with Crippen molar-refractivity contribution in [2.75, 3.05) is 0 Å². The third-order valence-electron chi connectivity index (χ3n) is 1.75. The largest absolute Gasteiger partial charge is 0.410 e. The van der Waals surface area contributed by atoms with Crippen molar-refractivity contribution in [1.29, 1.82) is 0 Å². The van der Waals surface area contributed by atoms with Crippen LogP contribution in [0.4, 0.5) is 4.79 Å². The summed E-state index contributed by atoms with van der Waals surface area (Å²) in [5, 5.41) is 1.78. The number of carbonyl (C=O) groups is 1. The Labute approximate surface area is 104 Å². The molecule has 0 aliphatic carbocycles. The van der Waals surface area contributed by atoms with Crippen LogP contribution < -0.4 is 4.74 Å². The summed E-state index contributed by atoms with van der Waals surface area (Å²) in [5.74, 6) is 0. The number of benzene rings is 1. The molecule has 2 aromatic rings. The summed E-state index contributed by atoms with van der Waals surface area (Å²) in [5.41, 5.74) is -0.917. The second kappa shape index (κ2) is 4.18. The van der Waals surface area contributed by atoms with E-state index in [0.717, 1.165) is 4.70 Å². The average molecular weight is 282 g/mol. The Morgan fingerprint density at radius 2 is 2.07 bits per heavy atom. The van der Waals surface area contributed by atoms with Crippen LogP contribution in [-0.2, 0) is 0 Å². The van der Waals surface area contributed by atoms with Crippen LogP contribution in [0.1, 0.15) is 0 Å². The Balaban J connectivity index is 2.64. The zero-order chi connectivity index (χ0) is 11.0. The van der Waals surface area contributed by atoms with Gasteiger partial charge in [0.05, 0.1) is 5.02 Å².